The second kappa shape index (κ2) is 6.15. The van der Waals surface area contributed by atoms with E-state index in [9.17, 15) is 0 Å². The van der Waals surface area contributed by atoms with Crippen LogP contribution in [0, 0.1) is 6.92 Å². The van der Waals surface area contributed by atoms with Crippen LogP contribution in [0.4, 0.5) is 5.69 Å². The fraction of sp³-hybridized carbons (Fsp3) is 0.467. The van der Waals surface area contributed by atoms with Crippen LogP contribution in [0.15, 0.2) is 35.2 Å². The van der Waals surface area contributed by atoms with Crippen molar-refractivity contribution in [2.24, 2.45) is 0 Å². The van der Waals surface area contributed by atoms with Gasteiger partial charge in [-0.05, 0) is 43.9 Å². The molecule has 0 fully saturated rings. The molecule has 1 nitrogen and oxygen atoms in total. The molecule has 17 heavy (non-hydrogen) atoms. The van der Waals surface area contributed by atoms with Gasteiger partial charge in [0.25, 0.3) is 0 Å². The minimum absolute atomic E-state index is 0.598. The van der Waals surface area contributed by atoms with E-state index >= 15 is 0 Å². The molecule has 0 spiro atoms. The monoisotopic (exact) mass is 247 g/mol. The molecule has 0 saturated heterocycles. The lowest BCUT2D eigenvalue weighted by atomic mass is 10.1. The van der Waals surface area contributed by atoms with E-state index in [1.165, 1.54) is 42.6 Å². The van der Waals surface area contributed by atoms with Gasteiger partial charge in [0.05, 0.1) is 0 Å². The first-order valence-electron chi connectivity index (χ1n) is 6.45. The molecule has 2 heteroatoms. The quantitative estimate of drug-likeness (QED) is 0.612. The van der Waals surface area contributed by atoms with Gasteiger partial charge in [-0.2, -0.15) is 0 Å². The molecular weight excluding hydrogens is 226 g/mol. The summed E-state index contributed by atoms with van der Waals surface area (Å²) >= 11 is 1.91. The van der Waals surface area contributed by atoms with E-state index in [-0.39, 0.29) is 0 Å². The number of anilines is 1. The van der Waals surface area contributed by atoms with Crippen LogP contribution in [0.1, 0.15) is 37.7 Å². The summed E-state index contributed by atoms with van der Waals surface area (Å²) in [6.45, 7) is 2.08. The van der Waals surface area contributed by atoms with Crippen LogP contribution >= 0.6 is 11.8 Å². The number of hydrogen-bond donors (Lipinski definition) is 1. The van der Waals surface area contributed by atoms with Crippen molar-refractivity contribution in [1.29, 1.82) is 0 Å². The Hall–Kier alpha value is -0.890. The van der Waals surface area contributed by atoms with Gasteiger partial charge in [0.1, 0.15) is 0 Å². The van der Waals surface area contributed by atoms with Crippen molar-refractivity contribution in [2.75, 3.05) is 5.73 Å². The summed E-state index contributed by atoms with van der Waals surface area (Å²) in [5.74, 6) is 0. The van der Waals surface area contributed by atoms with Crippen molar-refractivity contribution in [1.82, 2.24) is 0 Å². The highest BCUT2D eigenvalue weighted by atomic mass is 32.2. The molecule has 0 bridgehead atoms. The van der Waals surface area contributed by atoms with Crippen molar-refractivity contribution in [2.45, 2.75) is 49.2 Å². The van der Waals surface area contributed by atoms with Crippen LogP contribution < -0.4 is 5.73 Å². The molecule has 0 aromatic heterocycles. The number of hydrogen-bond acceptors (Lipinski definition) is 2. The average Bonchev–Trinajstić information content (AvgIpc) is 2.25. The smallest absolute Gasteiger partial charge is 0.0455 e. The summed E-state index contributed by atoms with van der Waals surface area (Å²) in [5.41, 5.74) is 8.22. The molecule has 2 N–H and O–H groups in total. The van der Waals surface area contributed by atoms with E-state index in [4.69, 9.17) is 5.73 Å². The van der Waals surface area contributed by atoms with Crippen LogP contribution in [-0.4, -0.2) is 5.25 Å². The van der Waals surface area contributed by atoms with Crippen molar-refractivity contribution in [3.05, 3.63) is 35.9 Å². The number of benzene rings is 1. The Morgan fingerprint density at radius 3 is 2.94 bits per heavy atom. The second-order valence-corrected chi connectivity index (χ2v) is 6.04. The standard InChI is InChI=1S/C15H21NS/c1-12-9-10-15(14(16)11-12)17-13-7-5-3-2-4-6-8-13/h5,7,9-11,13H,2-4,6,8,16H2,1H3/b7-5+. The van der Waals surface area contributed by atoms with Gasteiger partial charge >= 0.3 is 0 Å². The summed E-state index contributed by atoms with van der Waals surface area (Å²) in [4.78, 5) is 1.23. The van der Waals surface area contributed by atoms with Crippen LogP contribution in [0.25, 0.3) is 0 Å². The molecule has 0 radical (unpaired) electrons. The predicted octanol–water partition coefficient (Wildman–Crippen LogP) is 4.56. The molecule has 2 rings (SSSR count). The largest absolute Gasteiger partial charge is 0.398 e. The highest BCUT2D eigenvalue weighted by molar-refractivity contribution is 8.00. The van der Waals surface area contributed by atoms with Crippen LogP contribution in [0.3, 0.4) is 0 Å². The normalized spacial score (nSPS) is 22.8. The van der Waals surface area contributed by atoms with Crippen LogP contribution in [-0.2, 0) is 0 Å². The Morgan fingerprint density at radius 1 is 1.24 bits per heavy atom. The highest BCUT2D eigenvalue weighted by Gasteiger charge is 2.10. The maximum absolute atomic E-state index is 6.06. The molecule has 1 aromatic rings. The second-order valence-electron chi connectivity index (χ2n) is 4.76. The third-order valence-electron chi connectivity index (χ3n) is 3.15. The van der Waals surface area contributed by atoms with E-state index in [2.05, 4.69) is 37.3 Å². The van der Waals surface area contributed by atoms with Crippen molar-refractivity contribution in [3.8, 4) is 0 Å². The lowest BCUT2D eigenvalue weighted by molar-refractivity contribution is 0.643. The Kier molecular flexibility index (Phi) is 4.55. The van der Waals surface area contributed by atoms with E-state index in [1.54, 1.807) is 0 Å². The van der Waals surface area contributed by atoms with Gasteiger partial charge in [0.2, 0.25) is 0 Å². The number of rotatable bonds is 2. The summed E-state index contributed by atoms with van der Waals surface area (Å²) in [5, 5.41) is 0.598. The van der Waals surface area contributed by atoms with Gasteiger partial charge in [-0.3, -0.25) is 0 Å². The Balaban J connectivity index is 2.05. The third kappa shape index (κ3) is 3.81. The zero-order chi connectivity index (χ0) is 12.1. The Labute approximate surface area is 108 Å². The van der Waals surface area contributed by atoms with Crippen molar-refractivity contribution in [3.63, 3.8) is 0 Å². The molecule has 1 aliphatic rings. The van der Waals surface area contributed by atoms with E-state index < -0.39 is 0 Å². The summed E-state index contributed by atoms with van der Waals surface area (Å²) < 4.78 is 0. The average molecular weight is 247 g/mol. The van der Waals surface area contributed by atoms with Gasteiger partial charge in [0.15, 0.2) is 0 Å². The van der Waals surface area contributed by atoms with E-state index in [1.807, 2.05) is 11.8 Å². The number of allylic oxidation sites excluding steroid dienone is 1. The van der Waals surface area contributed by atoms with Gasteiger partial charge in [0, 0.05) is 15.8 Å². The van der Waals surface area contributed by atoms with Crippen molar-refractivity contribution < 1.29 is 0 Å². The molecule has 0 heterocycles. The first-order chi connectivity index (χ1) is 8.25. The summed E-state index contributed by atoms with van der Waals surface area (Å²) in [6.07, 6.45) is 11.3. The highest BCUT2D eigenvalue weighted by Crippen LogP contribution is 2.33. The number of thioether (sulfide) groups is 1. The van der Waals surface area contributed by atoms with E-state index in [0.29, 0.717) is 5.25 Å². The molecule has 92 valence electrons. The zero-order valence-electron chi connectivity index (χ0n) is 10.5. The maximum Gasteiger partial charge on any atom is 0.0455 e. The summed E-state index contributed by atoms with van der Waals surface area (Å²) in [6, 6.07) is 6.36. The minimum Gasteiger partial charge on any atom is -0.398 e. The number of nitrogens with two attached hydrogens (primary N) is 1. The Morgan fingerprint density at radius 2 is 2.12 bits per heavy atom. The maximum atomic E-state index is 6.06. The molecule has 0 amide bonds. The summed E-state index contributed by atoms with van der Waals surface area (Å²) in [7, 11) is 0. The molecule has 0 saturated carbocycles. The zero-order valence-corrected chi connectivity index (χ0v) is 11.3. The van der Waals surface area contributed by atoms with Gasteiger partial charge in [-0.1, -0.05) is 31.1 Å². The molecule has 1 aliphatic carbocycles. The lowest BCUT2D eigenvalue weighted by Gasteiger charge is -2.16. The lowest BCUT2D eigenvalue weighted by Crippen LogP contribution is -2.01. The topological polar surface area (TPSA) is 26.0 Å². The minimum atomic E-state index is 0.598. The van der Waals surface area contributed by atoms with Crippen LogP contribution in [0.5, 0.6) is 0 Å². The van der Waals surface area contributed by atoms with Crippen LogP contribution in [0.2, 0.25) is 0 Å². The molecular formula is C15H21NS. The molecule has 0 aliphatic heterocycles. The molecule has 1 aromatic carbocycles. The number of nitrogen functional groups attached to an aromatic ring is 1. The van der Waals surface area contributed by atoms with E-state index in [0.717, 1.165) is 5.69 Å². The fourth-order valence-corrected chi connectivity index (χ4v) is 3.31. The number of aryl methyl sites for hydroxylation is 1. The first-order valence-corrected chi connectivity index (χ1v) is 7.33. The first kappa shape index (κ1) is 12.6. The van der Waals surface area contributed by atoms with Gasteiger partial charge < -0.3 is 5.73 Å². The fourth-order valence-electron chi connectivity index (χ4n) is 2.17. The van der Waals surface area contributed by atoms with Gasteiger partial charge in [-0.25, -0.2) is 0 Å². The predicted molar refractivity (Wildman–Crippen MR) is 77.5 cm³/mol. The van der Waals surface area contributed by atoms with Gasteiger partial charge in [-0.15, -0.1) is 11.8 Å². The molecule has 1 atom stereocenters. The van der Waals surface area contributed by atoms with Crippen molar-refractivity contribution >= 4 is 17.4 Å². The third-order valence-corrected chi connectivity index (χ3v) is 4.48. The SMILES string of the molecule is Cc1ccc(SC2/C=C/CCCCC2)c(N)c1. The molecule has 1 unspecified atom stereocenters. The Bertz CT molecular complexity index is 398.